The first-order chi connectivity index (χ1) is 11.9. The van der Waals surface area contributed by atoms with Gasteiger partial charge in [-0.05, 0) is 41.8 Å². The van der Waals surface area contributed by atoms with E-state index in [2.05, 4.69) is 13.8 Å². The fourth-order valence-electron chi connectivity index (χ4n) is 2.00. The molecule has 2 aromatic rings. The molecule has 0 unspecified atom stereocenters. The van der Waals surface area contributed by atoms with Gasteiger partial charge >= 0.3 is 0 Å². The number of ketones is 1. The van der Waals surface area contributed by atoms with Crippen LogP contribution in [0.15, 0.2) is 36.4 Å². The first-order valence-corrected chi connectivity index (χ1v) is 8.56. The van der Waals surface area contributed by atoms with Crippen LogP contribution in [0.25, 0.3) is 6.08 Å². The van der Waals surface area contributed by atoms with E-state index >= 15 is 0 Å². The molecule has 2 rings (SSSR count). The monoisotopic (exact) mass is 359 g/mol. The fourth-order valence-corrected chi connectivity index (χ4v) is 2.76. The lowest BCUT2D eigenvalue weighted by atomic mass is 10.1. The van der Waals surface area contributed by atoms with E-state index in [4.69, 9.17) is 9.47 Å². The van der Waals surface area contributed by atoms with Crippen LogP contribution in [-0.2, 0) is 0 Å². The van der Waals surface area contributed by atoms with Crippen LogP contribution in [0.3, 0.4) is 0 Å². The number of carboxylic acids is 1. The van der Waals surface area contributed by atoms with Gasteiger partial charge in [0.05, 0.1) is 29.4 Å². The Labute approximate surface area is 150 Å². The summed E-state index contributed by atoms with van der Waals surface area (Å²) in [5.74, 6) is 0.0899. The predicted octanol–water partition coefficient (Wildman–Crippen LogP) is 3.05. The highest BCUT2D eigenvalue weighted by atomic mass is 32.1. The normalized spacial score (nSPS) is 11.0. The zero-order valence-electron chi connectivity index (χ0n) is 14.3. The van der Waals surface area contributed by atoms with Gasteiger partial charge in [-0.15, -0.1) is 11.3 Å². The van der Waals surface area contributed by atoms with Crippen LogP contribution in [0.1, 0.15) is 38.8 Å². The summed E-state index contributed by atoms with van der Waals surface area (Å²) in [6.07, 6.45) is 3.05. The first-order valence-electron chi connectivity index (χ1n) is 7.75. The lowest BCUT2D eigenvalue weighted by molar-refractivity contribution is -0.254. The van der Waals surface area contributed by atoms with Gasteiger partial charge in [0.15, 0.2) is 17.3 Å². The average Bonchev–Trinajstić information content (AvgIpc) is 3.08. The summed E-state index contributed by atoms with van der Waals surface area (Å²) < 4.78 is 11.0. The number of thiophene rings is 1. The zero-order valence-corrected chi connectivity index (χ0v) is 15.1. The molecule has 0 aliphatic rings. The van der Waals surface area contributed by atoms with E-state index in [0.29, 0.717) is 28.9 Å². The standard InChI is InChI=1S/C19H20O5S/c1-12(2)11-24-15-7-5-13(10-16(15)23-3)4-6-14(20)17-8-9-18(25-17)19(21)22/h4-10,12H,11H2,1-3H3,(H,21,22)/p-1/b6-4+. The van der Waals surface area contributed by atoms with E-state index in [0.717, 1.165) is 16.9 Å². The predicted molar refractivity (Wildman–Crippen MR) is 95.3 cm³/mol. The van der Waals surface area contributed by atoms with Crippen molar-refractivity contribution in [3.63, 3.8) is 0 Å². The van der Waals surface area contributed by atoms with Crippen LogP contribution in [0, 0.1) is 5.92 Å². The van der Waals surface area contributed by atoms with Gasteiger partial charge in [0.25, 0.3) is 0 Å². The van der Waals surface area contributed by atoms with Crippen LogP contribution in [0.5, 0.6) is 11.5 Å². The number of methoxy groups -OCH3 is 1. The number of rotatable bonds is 8. The van der Waals surface area contributed by atoms with Crippen molar-refractivity contribution in [2.75, 3.05) is 13.7 Å². The van der Waals surface area contributed by atoms with Gasteiger partial charge in [-0.1, -0.05) is 26.0 Å². The molecule has 132 valence electrons. The summed E-state index contributed by atoms with van der Waals surface area (Å²) >= 11 is 0.896. The SMILES string of the molecule is COc1cc(/C=C/C(=O)c2ccc(C(=O)[O-])s2)ccc1OCC(C)C. The molecule has 0 radical (unpaired) electrons. The van der Waals surface area contributed by atoms with Gasteiger partial charge in [0, 0.05) is 0 Å². The Bertz CT molecular complexity index is 789. The molecular formula is C19H19O5S-. The highest BCUT2D eigenvalue weighted by Crippen LogP contribution is 2.29. The number of aromatic carboxylic acids is 1. The third kappa shape index (κ3) is 5.19. The van der Waals surface area contributed by atoms with E-state index < -0.39 is 5.97 Å². The second-order valence-corrected chi connectivity index (χ2v) is 6.85. The number of benzene rings is 1. The molecule has 0 saturated heterocycles. The second kappa shape index (κ2) is 8.48. The third-order valence-electron chi connectivity index (χ3n) is 3.24. The van der Waals surface area contributed by atoms with Crippen molar-refractivity contribution in [2.45, 2.75) is 13.8 Å². The Balaban J connectivity index is 2.11. The molecule has 0 atom stereocenters. The minimum Gasteiger partial charge on any atom is -0.544 e. The Kier molecular flexibility index (Phi) is 6.36. The second-order valence-electron chi connectivity index (χ2n) is 5.76. The van der Waals surface area contributed by atoms with Crippen LogP contribution in [0.2, 0.25) is 0 Å². The molecule has 0 saturated carbocycles. The summed E-state index contributed by atoms with van der Waals surface area (Å²) in [5.41, 5.74) is 0.777. The van der Waals surface area contributed by atoms with Crippen LogP contribution in [-0.4, -0.2) is 25.5 Å². The molecule has 0 aliphatic heterocycles. The topological polar surface area (TPSA) is 75.7 Å². The van der Waals surface area contributed by atoms with E-state index in [9.17, 15) is 14.7 Å². The van der Waals surface area contributed by atoms with E-state index in [1.54, 1.807) is 25.3 Å². The van der Waals surface area contributed by atoms with E-state index in [1.165, 1.54) is 18.2 Å². The summed E-state index contributed by atoms with van der Waals surface area (Å²) in [4.78, 5) is 23.2. The van der Waals surface area contributed by atoms with E-state index in [-0.39, 0.29) is 10.7 Å². The molecule has 1 heterocycles. The Morgan fingerprint density at radius 2 is 1.88 bits per heavy atom. The van der Waals surface area contributed by atoms with Crippen molar-refractivity contribution in [2.24, 2.45) is 5.92 Å². The molecule has 25 heavy (non-hydrogen) atoms. The van der Waals surface area contributed by atoms with Gasteiger partial charge < -0.3 is 19.4 Å². The van der Waals surface area contributed by atoms with Gasteiger partial charge in [0.2, 0.25) is 0 Å². The van der Waals surface area contributed by atoms with Gasteiger partial charge in [0.1, 0.15) is 0 Å². The zero-order chi connectivity index (χ0) is 18.4. The maximum Gasteiger partial charge on any atom is 0.195 e. The van der Waals surface area contributed by atoms with Crippen molar-refractivity contribution in [3.05, 3.63) is 51.7 Å². The molecule has 0 aliphatic carbocycles. The molecule has 0 fully saturated rings. The molecule has 0 N–H and O–H groups in total. The van der Waals surface area contributed by atoms with Gasteiger partial charge in [-0.3, -0.25) is 4.79 Å². The quantitative estimate of drug-likeness (QED) is 0.535. The minimum atomic E-state index is -1.28. The lowest BCUT2D eigenvalue weighted by Crippen LogP contribution is -2.20. The molecule has 0 spiro atoms. The van der Waals surface area contributed by atoms with Crippen molar-refractivity contribution in [1.82, 2.24) is 0 Å². The molecule has 6 heteroatoms. The molecule has 1 aromatic carbocycles. The summed E-state index contributed by atoms with van der Waals surface area (Å²) in [5, 5.41) is 10.8. The van der Waals surface area contributed by atoms with Crippen LogP contribution in [0.4, 0.5) is 0 Å². The first kappa shape index (κ1) is 18.7. The smallest absolute Gasteiger partial charge is 0.195 e. The van der Waals surface area contributed by atoms with Crippen molar-refractivity contribution in [3.8, 4) is 11.5 Å². The highest BCUT2D eigenvalue weighted by molar-refractivity contribution is 7.16. The number of carbonyl (C=O) groups is 2. The summed E-state index contributed by atoms with van der Waals surface area (Å²) in [7, 11) is 1.56. The summed E-state index contributed by atoms with van der Waals surface area (Å²) in [6, 6.07) is 8.24. The Morgan fingerprint density at radius 1 is 1.16 bits per heavy atom. The molecular weight excluding hydrogens is 340 g/mol. The summed E-state index contributed by atoms with van der Waals surface area (Å²) in [6.45, 7) is 4.71. The molecule has 1 aromatic heterocycles. The maximum atomic E-state index is 12.1. The highest BCUT2D eigenvalue weighted by Gasteiger charge is 2.08. The Hall–Kier alpha value is -2.60. The number of carboxylic acid groups (broad SMARTS) is 1. The Morgan fingerprint density at radius 3 is 2.48 bits per heavy atom. The van der Waals surface area contributed by atoms with Crippen molar-refractivity contribution >= 4 is 29.2 Å². The number of carbonyl (C=O) groups excluding carboxylic acids is 2. The van der Waals surface area contributed by atoms with Gasteiger partial charge in [-0.2, -0.15) is 0 Å². The van der Waals surface area contributed by atoms with Gasteiger partial charge in [-0.25, -0.2) is 0 Å². The number of ether oxygens (including phenoxy) is 2. The van der Waals surface area contributed by atoms with Crippen molar-refractivity contribution < 1.29 is 24.2 Å². The van der Waals surface area contributed by atoms with Crippen molar-refractivity contribution in [1.29, 1.82) is 0 Å². The van der Waals surface area contributed by atoms with E-state index in [1.807, 2.05) is 6.07 Å². The third-order valence-corrected chi connectivity index (χ3v) is 4.32. The lowest BCUT2D eigenvalue weighted by Gasteiger charge is -2.12. The number of hydrogen-bond acceptors (Lipinski definition) is 6. The van der Waals surface area contributed by atoms with Crippen LogP contribution >= 0.6 is 11.3 Å². The fraction of sp³-hybridized carbons (Fsp3) is 0.263. The average molecular weight is 359 g/mol. The molecule has 0 amide bonds. The minimum absolute atomic E-state index is 0.0325. The number of allylic oxidation sites excluding steroid dienone is 1. The molecule has 5 nitrogen and oxygen atoms in total. The molecule has 0 bridgehead atoms. The largest absolute Gasteiger partial charge is 0.544 e. The maximum absolute atomic E-state index is 12.1. The van der Waals surface area contributed by atoms with Crippen LogP contribution < -0.4 is 14.6 Å². The number of hydrogen-bond donors (Lipinski definition) is 0.